The van der Waals surface area contributed by atoms with Crippen LogP contribution in [-0.4, -0.2) is 64.7 Å². The van der Waals surface area contributed by atoms with E-state index in [1.165, 1.54) is 11.1 Å². The van der Waals surface area contributed by atoms with Crippen molar-refractivity contribution in [1.82, 2.24) is 0 Å². The second-order valence-electron chi connectivity index (χ2n) is 9.54. The van der Waals surface area contributed by atoms with Crippen molar-refractivity contribution < 1.29 is 29.9 Å². The van der Waals surface area contributed by atoms with Gasteiger partial charge in [-0.2, -0.15) is 0 Å². The molecule has 2 aliphatic heterocycles. The highest BCUT2D eigenvalue weighted by Crippen LogP contribution is 2.43. The van der Waals surface area contributed by atoms with Gasteiger partial charge in [0, 0.05) is 17.0 Å². The highest BCUT2D eigenvalue weighted by molar-refractivity contribution is 6.31. The third-order valence-electron chi connectivity index (χ3n) is 7.27. The lowest BCUT2D eigenvalue weighted by Gasteiger charge is -2.40. The van der Waals surface area contributed by atoms with E-state index in [2.05, 4.69) is 18.2 Å². The van der Waals surface area contributed by atoms with E-state index in [0.717, 1.165) is 43.6 Å². The maximum atomic E-state index is 10.5. The molecule has 0 radical (unpaired) electrons. The van der Waals surface area contributed by atoms with Crippen molar-refractivity contribution in [3.05, 3.63) is 69.2 Å². The molecule has 4 N–H and O–H groups in total. The lowest BCUT2D eigenvalue weighted by atomic mass is 9.84. The lowest BCUT2D eigenvalue weighted by Crippen LogP contribution is -2.55. The van der Waals surface area contributed by atoms with Crippen LogP contribution in [0.5, 0.6) is 0 Å². The number of benzene rings is 2. The summed E-state index contributed by atoms with van der Waals surface area (Å²) in [7, 11) is 0. The van der Waals surface area contributed by atoms with Gasteiger partial charge in [0.1, 0.15) is 30.5 Å². The first kappa shape index (κ1) is 22.3. The summed E-state index contributed by atoms with van der Waals surface area (Å²) in [6.07, 6.45) is -2.04. The van der Waals surface area contributed by atoms with Gasteiger partial charge in [-0.25, -0.2) is 0 Å². The van der Waals surface area contributed by atoms with Gasteiger partial charge in [-0.1, -0.05) is 41.9 Å². The number of aliphatic hydroxyl groups is 4. The third-order valence-corrected chi connectivity index (χ3v) is 7.64. The molecule has 32 heavy (non-hydrogen) atoms. The molecule has 1 spiro atoms. The first-order chi connectivity index (χ1) is 15.4. The molecule has 1 aliphatic carbocycles. The molecule has 2 heterocycles. The minimum atomic E-state index is -1.41. The normalized spacial score (nSPS) is 34.2. The standard InChI is InChI=1S/C25H29ClO6/c26-19-4-3-15(24-23(30)22(29)21(28)20(12-27)32-24)9-17(19)7-14-1-2-16-10-25(5-6-31-13-25)11-18(16)8-14/h1-4,8-9,20-24,27-30H,5-7,10-13H2/t20-,21-,22+,23-,24+,25?/m1/s1. The summed E-state index contributed by atoms with van der Waals surface area (Å²) in [6, 6.07) is 12.0. The fourth-order valence-electron chi connectivity index (χ4n) is 5.43. The van der Waals surface area contributed by atoms with Crippen LogP contribution in [0.1, 0.15) is 40.3 Å². The molecule has 5 rings (SSSR count). The minimum absolute atomic E-state index is 0.266. The lowest BCUT2D eigenvalue weighted by molar-refractivity contribution is -0.231. The van der Waals surface area contributed by atoms with Gasteiger partial charge in [-0.3, -0.25) is 0 Å². The van der Waals surface area contributed by atoms with E-state index in [0.29, 0.717) is 17.0 Å². The molecule has 2 aromatic carbocycles. The molecule has 7 heteroatoms. The molecule has 1 unspecified atom stereocenters. The van der Waals surface area contributed by atoms with E-state index in [-0.39, 0.29) is 5.41 Å². The van der Waals surface area contributed by atoms with Crippen molar-refractivity contribution in [3.8, 4) is 0 Å². The number of fused-ring (bicyclic) bond motifs is 1. The second-order valence-corrected chi connectivity index (χ2v) is 9.94. The Balaban J connectivity index is 1.37. The van der Waals surface area contributed by atoms with Crippen LogP contribution in [0.4, 0.5) is 0 Å². The molecule has 3 aliphatic rings. The highest BCUT2D eigenvalue weighted by Gasteiger charge is 2.44. The van der Waals surface area contributed by atoms with E-state index >= 15 is 0 Å². The summed E-state index contributed by atoms with van der Waals surface area (Å²) in [5.74, 6) is 0. The SMILES string of the molecule is OC[C@H]1O[C@@H](c2ccc(Cl)c(Cc3ccc4c(c3)CC3(CCOC3)C4)c2)[C@H](O)[C@@H](O)[C@@H]1O. The van der Waals surface area contributed by atoms with Crippen LogP contribution in [0.25, 0.3) is 0 Å². The van der Waals surface area contributed by atoms with Crippen LogP contribution in [0.3, 0.4) is 0 Å². The molecule has 172 valence electrons. The van der Waals surface area contributed by atoms with Crippen molar-refractivity contribution in [3.63, 3.8) is 0 Å². The molecule has 0 amide bonds. The quantitative estimate of drug-likeness (QED) is 0.556. The van der Waals surface area contributed by atoms with E-state index in [4.69, 9.17) is 21.1 Å². The molecule has 2 aromatic rings. The summed E-state index contributed by atoms with van der Waals surface area (Å²) in [6.45, 7) is 1.23. The van der Waals surface area contributed by atoms with Crippen LogP contribution in [0.15, 0.2) is 36.4 Å². The molecule has 0 aromatic heterocycles. The minimum Gasteiger partial charge on any atom is -0.394 e. The number of aliphatic hydroxyl groups excluding tert-OH is 4. The summed E-state index contributed by atoms with van der Waals surface area (Å²) in [5, 5.41) is 40.7. The van der Waals surface area contributed by atoms with E-state index in [9.17, 15) is 20.4 Å². The van der Waals surface area contributed by atoms with Crippen LogP contribution in [0, 0.1) is 5.41 Å². The molecular formula is C25H29ClO6. The van der Waals surface area contributed by atoms with Crippen molar-refractivity contribution in [2.45, 2.75) is 56.2 Å². The van der Waals surface area contributed by atoms with Gasteiger partial charge in [0.15, 0.2) is 0 Å². The number of halogens is 1. The van der Waals surface area contributed by atoms with E-state index in [1.807, 2.05) is 6.07 Å². The Morgan fingerprint density at radius 2 is 1.78 bits per heavy atom. The predicted molar refractivity (Wildman–Crippen MR) is 119 cm³/mol. The molecule has 0 saturated carbocycles. The van der Waals surface area contributed by atoms with E-state index in [1.54, 1.807) is 12.1 Å². The van der Waals surface area contributed by atoms with Gasteiger partial charge in [-0.05, 0) is 59.6 Å². The van der Waals surface area contributed by atoms with Crippen molar-refractivity contribution in [2.24, 2.45) is 5.41 Å². The molecular weight excluding hydrogens is 432 g/mol. The Bertz CT molecular complexity index is 986. The Morgan fingerprint density at radius 3 is 2.53 bits per heavy atom. The first-order valence-electron chi connectivity index (χ1n) is 11.2. The summed E-state index contributed by atoms with van der Waals surface area (Å²) < 4.78 is 11.4. The van der Waals surface area contributed by atoms with Crippen molar-refractivity contribution in [1.29, 1.82) is 0 Å². The first-order valence-corrected chi connectivity index (χ1v) is 11.5. The number of hydrogen-bond acceptors (Lipinski definition) is 6. The van der Waals surface area contributed by atoms with Gasteiger partial charge in [0.05, 0.1) is 13.2 Å². The van der Waals surface area contributed by atoms with Crippen LogP contribution < -0.4 is 0 Å². The average Bonchev–Trinajstić information content (AvgIpc) is 3.39. The molecule has 0 bridgehead atoms. The maximum Gasteiger partial charge on any atom is 0.113 e. The van der Waals surface area contributed by atoms with Gasteiger partial charge < -0.3 is 29.9 Å². The summed E-state index contributed by atoms with van der Waals surface area (Å²) in [4.78, 5) is 0. The average molecular weight is 461 g/mol. The van der Waals surface area contributed by atoms with Crippen molar-refractivity contribution >= 4 is 11.6 Å². The molecule has 6 atom stereocenters. The van der Waals surface area contributed by atoms with Crippen LogP contribution >= 0.6 is 11.6 Å². The number of ether oxygens (including phenoxy) is 2. The number of hydrogen-bond donors (Lipinski definition) is 4. The maximum absolute atomic E-state index is 10.5. The summed E-state index contributed by atoms with van der Waals surface area (Å²) in [5.41, 5.74) is 5.74. The highest BCUT2D eigenvalue weighted by atomic mass is 35.5. The molecule has 6 nitrogen and oxygen atoms in total. The van der Waals surface area contributed by atoms with E-state index < -0.39 is 37.1 Å². The predicted octanol–water partition coefficient (Wildman–Crippen LogP) is 1.95. The van der Waals surface area contributed by atoms with Crippen LogP contribution in [0.2, 0.25) is 5.02 Å². The second kappa shape index (κ2) is 8.69. The number of rotatable bonds is 4. The van der Waals surface area contributed by atoms with Crippen LogP contribution in [-0.2, 0) is 28.7 Å². The Morgan fingerprint density at radius 1 is 0.969 bits per heavy atom. The summed E-state index contributed by atoms with van der Waals surface area (Å²) >= 11 is 6.50. The third kappa shape index (κ3) is 3.99. The van der Waals surface area contributed by atoms with Crippen molar-refractivity contribution in [2.75, 3.05) is 19.8 Å². The zero-order valence-corrected chi connectivity index (χ0v) is 18.5. The topological polar surface area (TPSA) is 99.4 Å². The fourth-order valence-corrected chi connectivity index (χ4v) is 5.61. The smallest absolute Gasteiger partial charge is 0.113 e. The zero-order valence-electron chi connectivity index (χ0n) is 17.8. The Hall–Kier alpha value is -1.51. The zero-order chi connectivity index (χ0) is 22.5. The monoisotopic (exact) mass is 460 g/mol. The van der Waals surface area contributed by atoms with Gasteiger partial charge in [-0.15, -0.1) is 0 Å². The van der Waals surface area contributed by atoms with Gasteiger partial charge in [0.2, 0.25) is 0 Å². The molecule has 2 saturated heterocycles. The molecule has 2 fully saturated rings. The van der Waals surface area contributed by atoms with Gasteiger partial charge in [0.25, 0.3) is 0 Å². The Labute approximate surface area is 192 Å². The Kier molecular flexibility index (Phi) is 6.05. The van der Waals surface area contributed by atoms with Gasteiger partial charge >= 0.3 is 0 Å². The largest absolute Gasteiger partial charge is 0.394 e. The fraction of sp³-hybridized carbons (Fsp3) is 0.520.